The van der Waals surface area contributed by atoms with E-state index in [0.29, 0.717) is 18.2 Å². The molecule has 28 heavy (non-hydrogen) atoms. The maximum atomic E-state index is 12.7. The van der Waals surface area contributed by atoms with Gasteiger partial charge in [-0.2, -0.15) is 0 Å². The Morgan fingerprint density at radius 2 is 1.61 bits per heavy atom. The van der Waals surface area contributed by atoms with Crippen molar-refractivity contribution in [3.63, 3.8) is 0 Å². The van der Waals surface area contributed by atoms with Gasteiger partial charge in [0.1, 0.15) is 6.54 Å². The number of aryl methyl sites for hydroxylation is 1. The molecule has 0 spiro atoms. The van der Waals surface area contributed by atoms with Crippen LogP contribution in [0.5, 0.6) is 11.5 Å². The molecule has 2 rings (SSSR count). The van der Waals surface area contributed by atoms with Crippen LogP contribution in [0.15, 0.2) is 36.4 Å². The number of benzene rings is 2. The molecule has 2 atom stereocenters. The maximum absolute atomic E-state index is 12.7. The summed E-state index contributed by atoms with van der Waals surface area (Å²) in [4.78, 5) is 13.8. The van der Waals surface area contributed by atoms with E-state index < -0.39 is 0 Å². The summed E-state index contributed by atoms with van der Waals surface area (Å²) in [5.41, 5.74) is 4.35. The lowest BCUT2D eigenvalue weighted by molar-refractivity contribution is -0.907. The highest BCUT2D eigenvalue weighted by molar-refractivity contribution is 5.93. The van der Waals surface area contributed by atoms with Crippen molar-refractivity contribution in [1.29, 1.82) is 0 Å². The number of ether oxygens (including phenoxy) is 2. The summed E-state index contributed by atoms with van der Waals surface area (Å²) in [5, 5.41) is 3.03. The number of quaternary nitrogens is 1. The van der Waals surface area contributed by atoms with Crippen LogP contribution in [0.2, 0.25) is 0 Å². The fourth-order valence-corrected chi connectivity index (χ4v) is 3.09. The first kappa shape index (κ1) is 21.8. The number of carbonyl (C=O) groups excluding carboxylic acids is 1. The highest BCUT2D eigenvalue weighted by Crippen LogP contribution is 2.29. The number of amides is 1. The first-order valence-electron chi connectivity index (χ1n) is 9.71. The van der Waals surface area contributed by atoms with Gasteiger partial charge in [0.2, 0.25) is 0 Å². The summed E-state index contributed by atoms with van der Waals surface area (Å²) in [6.45, 7) is 9.02. The van der Waals surface area contributed by atoms with Gasteiger partial charge in [0.15, 0.2) is 17.5 Å². The molecule has 0 radical (unpaired) electrons. The second-order valence-electron chi connectivity index (χ2n) is 7.64. The van der Waals surface area contributed by atoms with Gasteiger partial charge in [-0.05, 0) is 55.2 Å². The summed E-state index contributed by atoms with van der Waals surface area (Å²) in [6, 6.07) is 11.8. The van der Waals surface area contributed by atoms with Gasteiger partial charge in [0.25, 0.3) is 5.91 Å². The topological polar surface area (TPSA) is 52.0 Å². The zero-order valence-corrected chi connectivity index (χ0v) is 18.1. The van der Waals surface area contributed by atoms with E-state index in [2.05, 4.69) is 31.3 Å². The molecule has 1 unspecified atom stereocenters. The summed E-state index contributed by atoms with van der Waals surface area (Å²) in [6.07, 6.45) is 0. The monoisotopic (exact) mass is 385 g/mol. The second-order valence-corrected chi connectivity index (χ2v) is 7.64. The van der Waals surface area contributed by atoms with Crippen LogP contribution in [0.25, 0.3) is 0 Å². The Kier molecular flexibility index (Phi) is 7.46. The molecule has 152 valence electrons. The highest BCUT2D eigenvalue weighted by Gasteiger charge is 2.23. The van der Waals surface area contributed by atoms with E-state index in [1.165, 1.54) is 5.56 Å². The first-order valence-corrected chi connectivity index (χ1v) is 9.71. The van der Waals surface area contributed by atoms with Crippen LogP contribution in [0, 0.1) is 6.92 Å². The molecule has 2 N–H and O–H groups in total. The minimum Gasteiger partial charge on any atom is -0.493 e. The number of hydrogen-bond donors (Lipinski definition) is 2. The van der Waals surface area contributed by atoms with Crippen LogP contribution in [0.4, 0.5) is 5.69 Å². The zero-order chi connectivity index (χ0) is 20.8. The second kappa shape index (κ2) is 9.60. The number of rotatable bonds is 8. The van der Waals surface area contributed by atoms with Crippen LogP contribution in [-0.4, -0.2) is 33.2 Å². The fraction of sp³-hybridized carbons (Fsp3) is 0.435. The molecule has 0 saturated heterocycles. The third-order valence-electron chi connectivity index (χ3n) is 5.29. The lowest BCUT2D eigenvalue weighted by Crippen LogP contribution is -3.12. The van der Waals surface area contributed by atoms with E-state index in [1.807, 2.05) is 45.2 Å². The van der Waals surface area contributed by atoms with Gasteiger partial charge >= 0.3 is 0 Å². The van der Waals surface area contributed by atoms with E-state index in [0.717, 1.165) is 27.5 Å². The lowest BCUT2D eigenvalue weighted by Gasteiger charge is -2.22. The molecule has 5 nitrogen and oxygen atoms in total. The summed E-state index contributed by atoms with van der Waals surface area (Å²) >= 11 is 0. The van der Waals surface area contributed by atoms with Crippen molar-refractivity contribution >= 4 is 11.6 Å². The van der Waals surface area contributed by atoms with Crippen molar-refractivity contribution < 1.29 is 19.2 Å². The number of nitrogens with one attached hydrogen (secondary N) is 2. The van der Waals surface area contributed by atoms with Gasteiger partial charge in [-0.1, -0.05) is 26.0 Å². The summed E-state index contributed by atoms with van der Waals surface area (Å²) in [7, 11) is 5.30. The van der Waals surface area contributed by atoms with Crippen molar-refractivity contribution in [2.24, 2.45) is 0 Å². The van der Waals surface area contributed by atoms with Crippen LogP contribution >= 0.6 is 0 Å². The SMILES string of the molecule is COc1cc(C)c(C[NH+](C)[C@H](C)C(=O)Nc2ccc(C(C)C)cc2)cc1OC. The zero-order valence-electron chi connectivity index (χ0n) is 18.1. The van der Waals surface area contributed by atoms with Crippen molar-refractivity contribution in [2.45, 2.75) is 46.2 Å². The molecule has 0 bridgehead atoms. The molecular formula is C23H33N2O3+. The minimum atomic E-state index is -0.197. The minimum absolute atomic E-state index is 0.00734. The predicted octanol–water partition coefficient (Wildman–Crippen LogP) is 3.18. The number of carbonyl (C=O) groups is 1. The number of anilines is 1. The smallest absolute Gasteiger partial charge is 0.282 e. The number of methoxy groups -OCH3 is 2. The Labute approximate surface area is 168 Å². The predicted molar refractivity (Wildman–Crippen MR) is 113 cm³/mol. The summed E-state index contributed by atoms with van der Waals surface area (Å²) < 4.78 is 10.8. The Morgan fingerprint density at radius 3 is 2.14 bits per heavy atom. The molecule has 1 amide bonds. The Morgan fingerprint density at radius 1 is 1.04 bits per heavy atom. The van der Waals surface area contributed by atoms with Crippen molar-refractivity contribution in [3.05, 3.63) is 53.1 Å². The average molecular weight is 386 g/mol. The molecule has 0 aliphatic rings. The number of likely N-dealkylation sites (N-methyl/N-ethyl adjacent to an activating group) is 1. The molecule has 2 aromatic carbocycles. The third kappa shape index (κ3) is 5.26. The standard InChI is InChI=1S/C23H32N2O3/c1-15(2)18-8-10-20(11-9-18)24-23(26)17(4)25(5)14-19-13-22(28-7)21(27-6)12-16(19)3/h8-13,15,17H,14H2,1-7H3,(H,24,26)/p+1/t17-/m1/s1. The van der Waals surface area contributed by atoms with Gasteiger partial charge in [-0.3, -0.25) is 4.79 Å². The summed E-state index contributed by atoms with van der Waals surface area (Å²) in [5.74, 6) is 1.91. The molecule has 5 heteroatoms. The van der Waals surface area contributed by atoms with E-state index in [1.54, 1.807) is 14.2 Å². The van der Waals surface area contributed by atoms with Crippen LogP contribution in [0.1, 0.15) is 43.4 Å². The molecule has 2 aromatic rings. The molecule has 0 aliphatic heterocycles. The first-order chi connectivity index (χ1) is 13.3. The molecule has 0 aromatic heterocycles. The van der Waals surface area contributed by atoms with Gasteiger partial charge < -0.3 is 19.7 Å². The third-order valence-corrected chi connectivity index (χ3v) is 5.29. The van der Waals surface area contributed by atoms with Crippen LogP contribution in [0.3, 0.4) is 0 Å². The van der Waals surface area contributed by atoms with Gasteiger partial charge in [0, 0.05) is 11.3 Å². The Bertz CT molecular complexity index is 800. The Balaban J connectivity index is 2.05. The van der Waals surface area contributed by atoms with E-state index >= 15 is 0 Å². The Hall–Kier alpha value is -2.53. The quantitative estimate of drug-likeness (QED) is 0.734. The molecule has 0 heterocycles. The molecule has 0 fully saturated rings. The van der Waals surface area contributed by atoms with Crippen molar-refractivity contribution in [1.82, 2.24) is 0 Å². The van der Waals surface area contributed by atoms with E-state index in [4.69, 9.17) is 9.47 Å². The number of hydrogen-bond acceptors (Lipinski definition) is 3. The average Bonchev–Trinajstić information content (AvgIpc) is 2.68. The highest BCUT2D eigenvalue weighted by atomic mass is 16.5. The fourth-order valence-electron chi connectivity index (χ4n) is 3.09. The van der Waals surface area contributed by atoms with Crippen LogP contribution < -0.4 is 19.7 Å². The van der Waals surface area contributed by atoms with Crippen molar-refractivity contribution in [2.75, 3.05) is 26.6 Å². The van der Waals surface area contributed by atoms with E-state index in [9.17, 15) is 4.79 Å². The van der Waals surface area contributed by atoms with Gasteiger partial charge in [-0.15, -0.1) is 0 Å². The van der Waals surface area contributed by atoms with Gasteiger partial charge in [-0.25, -0.2) is 0 Å². The maximum Gasteiger partial charge on any atom is 0.282 e. The normalized spacial score (nSPS) is 13.1. The molecular weight excluding hydrogens is 352 g/mol. The molecule has 0 aliphatic carbocycles. The van der Waals surface area contributed by atoms with Crippen molar-refractivity contribution in [3.8, 4) is 11.5 Å². The van der Waals surface area contributed by atoms with Gasteiger partial charge in [0.05, 0.1) is 21.3 Å². The van der Waals surface area contributed by atoms with E-state index in [-0.39, 0.29) is 11.9 Å². The molecule has 0 saturated carbocycles. The van der Waals surface area contributed by atoms with Crippen LogP contribution in [-0.2, 0) is 11.3 Å². The largest absolute Gasteiger partial charge is 0.493 e. The lowest BCUT2D eigenvalue weighted by atomic mass is 10.0.